The summed E-state index contributed by atoms with van der Waals surface area (Å²) < 4.78 is 0. The summed E-state index contributed by atoms with van der Waals surface area (Å²) in [6, 6.07) is 23.2. The van der Waals surface area contributed by atoms with Gasteiger partial charge in [0.05, 0.1) is 6.54 Å². The first kappa shape index (κ1) is 28.8. The number of urea groups is 1. The molecule has 8 heteroatoms. The molecule has 8 nitrogen and oxygen atoms in total. The van der Waals surface area contributed by atoms with E-state index in [2.05, 4.69) is 16.0 Å². The highest BCUT2D eigenvalue weighted by atomic mass is 16.2. The Morgan fingerprint density at radius 2 is 1.68 bits per heavy atom. The van der Waals surface area contributed by atoms with Crippen LogP contribution in [0.25, 0.3) is 11.1 Å². The van der Waals surface area contributed by atoms with Crippen molar-refractivity contribution in [1.82, 2.24) is 16.0 Å². The van der Waals surface area contributed by atoms with Gasteiger partial charge in [0.2, 0.25) is 11.8 Å². The molecule has 1 heterocycles. The minimum Gasteiger partial charge on any atom is -0.344 e. The molecule has 4 rings (SSSR count). The van der Waals surface area contributed by atoms with Crippen molar-refractivity contribution in [2.24, 2.45) is 5.73 Å². The minimum atomic E-state index is -0.654. The molecule has 210 valence electrons. The molecule has 3 aromatic rings. The molecule has 0 unspecified atom stereocenters. The molecule has 0 spiro atoms. The van der Waals surface area contributed by atoms with Gasteiger partial charge in [-0.25, -0.2) is 4.79 Å². The molecular formula is C32H39N5O3. The van der Waals surface area contributed by atoms with Crippen molar-refractivity contribution in [3.63, 3.8) is 0 Å². The molecule has 0 fully saturated rings. The second kappa shape index (κ2) is 12.8. The monoisotopic (exact) mass is 541 g/mol. The third kappa shape index (κ3) is 7.48. The van der Waals surface area contributed by atoms with Crippen LogP contribution in [0, 0.1) is 0 Å². The zero-order valence-corrected chi connectivity index (χ0v) is 23.5. The lowest BCUT2D eigenvalue weighted by atomic mass is 9.98. The summed E-state index contributed by atoms with van der Waals surface area (Å²) in [5.41, 5.74) is 11.4. The van der Waals surface area contributed by atoms with E-state index < -0.39 is 11.6 Å². The lowest BCUT2D eigenvalue weighted by molar-refractivity contribution is -0.128. The number of hydrogen-bond donors (Lipinski definition) is 4. The Kier molecular flexibility index (Phi) is 9.22. The maximum atomic E-state index is 13.8. The summed E-state index contributed by atoms with van der Waals surface area (Å²) in [7, 11) is 0. The van der Waals surface area contributed by atoms with E-state index in [1.807, 2.05) is 79.7 Å². The summed E-state index contributed by atoms with van der Waals surface area (Å²) in [6.07, 6.45) is 1.37. The van der Waals surface area contributed by atoms with Crippen molar-refractivity contribution >= 4 is 23.5 Å². The fourth-order valence-electron chi connectivity index (χ4n) is 5.00. The number of benzene rings is 3. The van der Waals surface area contributed by atoms with Crippen molar-refractivity contribution in [3.8, 4) is 11.1 Å². The van der Waals surface area contributed by atoms with Gasteiger partial charge in [-0.15, -0.1) is 0 Å². The molecule has 1 aliphatic rings. The lowest BCUT2D eigenvalue weighted by Crippen LogP contribution is -2.49. The number of nitrogens with zero attached hydrogens (tertiary/aromatic N) is 1. The third-order valence-corrected chi connectivity index (χ3v) is 6.90. The standard InChI is InChI=1S/C32H39N5O3/c1-4-34-31(40)35-20-25-10-5-7-11-26(25)23-15-13-22(14-16-23)21-37-28-12-8-6-9-24(28)17-18-27(30(37)39)36-29(38)19-32(2,3)33/h5-16,27H,4,17-21,33H2,1-3H3,(H,36,38)(H2,34,35,40)/t27-/m1/s1. The molecule has 5 N–H and O–H groups in total. The smallest absolute Gasteiger partial charge is 0.315 e. The molecule has 0 bridgehead atoms. The van der Waals surface area contributed by atoms with Gasteiger partial charge in [-0.2, -0.15) is 0 Å². The molecule has 0 aromatic heterocycles. The SMILES string of the molecule is CCNC(=O)NCc1ccccc1-c1ccc(CN2C(=O)[C@H](NC(=O)CC(C)(C)N)CCc3ccccc32)cc1. The van der Waals surface area contributed by atoms with Crippen LogP contribution in [0.4, 0.5) is 10.5 Å². The number of nitrogens with one attached hydrogen (secondary N) is 3. The van der Waals surface area contributed by atoms with Gasteiger partial charge >= 0.3 is 6.03 Å². The van der Waals surface area contributed by atoms with Crippen LogP contribution < -0.4 is 26.6 Å². The second-order valence-electron chi connectivity index (χ2n) is 10.9. The number of hydrogen-bond acceptors (Lipinski definition) is 4. The van der Waals surface area contributed by atoms with Crippen molar-refractivity contribution in [3.05, 3.63) is 89.5 Å². The third-order valence-electron chi connectivity index (χ3n) is 6.90. The number of fused-ring (bicyclic) bond motifs is 1. The van der Waals surface area contributed by atoms with Crippen LogP contribution in [0.3, 0.4) is 0 Å². The minimum absolute atomic E-state index is 0.126. The normalized spacial score (nSPS) is 15.2. The number of para-hydroxylation sites is 1. The van der Waals surface area contributed by atoms with E-state index in [0.29, 0.717) is 32.5 Å². The fraction of sp³-hybridized carbons (Fsp3) is 0.344. The number of aryl methyl sites for hydroxylation is 1. The van der Waals surface area contributed by atoms with Gasteiger partial charge in [0.25, 0.3) is 0 Å². The molecule has 4 amide bonds. The highest BCUT2D eigenvalue weighted by Crippen LogP contribution is 2.30. The van der Waals surface area contributed by atoms with Crippen LogP contribution in [-0.4, -0.2) is 36.0 Å². The van der Waals surface area contributed by atoms with E-state index >= 15 is 0 Å². The number of amides is 4. The molecule has 0 radical (unpaired) electrons. The topological polar surface area (TPSA) is 117 Å². The maximum absolute atomic E-state index is 13.8. The van der Waals surface area contributed by atoms with Crippen LogP contribution in [0.1, 0.15) is 50.3 Å². The van der Waals surface area contributed by atoms with Crippen LogP contribution in [0.2, 0.25) is 0 Å². The summed E-state index contributed by atoms with van der Waals surface area (Å²) in [4.78, 5) is 40.1. The van der Waals surface area contributed by atoms with E-state index in [-0.39, 0.29) is 24.3 Å². The number of carbonyl (C=O) groups is 3. The van der Waals surface area contributed by atoms with Gasteiger partial charge < -0.3 is 26.6 Å². The summed E-state index contributed by atoms with van der Waals surface area (Å²) >= 11 is 0. The molecule has 1 aliphatic heterocycles. The quantitative estimate of drug-likeness (QED) is 0.324. The summed E-state index contributed by atoms with van der Waals surface area (Å²) in [5.74, 6) is -0.347. The molecule has 1 atom stereocenters. The highest BCUT2D eigenvalue weighted by molar-refractivity contribution is 6.00. The van der Waals surface area contributed by atoms with E-state index in [1.54, 1.807) is 18.7 Å². The van der Waals surface area contributed by atoms with Gasteiger partial charge in [0.1, 0.15) is 6.04 Å². The van der Waals surface area contributed by atoms with Crippen molar-refractivity contribution < 1.29 is 14.4 Å². The van der Waals surface area contributed by atoms with Crippen LogP contribution >= 0.6 is 0 Å². The van der Waals surface area contributed by atoms with E-state index in [4.69, 9.17) is 5.73 Å². The van der Waals surface area contributed by atoms with Gasteiger partial charge in [0, 0.05) is 30.7 Å². The number of carbonyl (C=O) groups excluding carboxylic acids is 3. The summed E-state index contributed by atoms with van der Waals surface area (Å²) in [6.45, 7) is 6.84. The Hall–Kier alpha value is -4.17. The zero-order valence-electron chi connectivity index (χ0n) is 23.5. The molecular weight excluding hydrogens is 502 g/mol. The average molecular weight is 542 g/mol. The summed E-state index contributed by atoms with van der Waals surface area (Å²) in [5, 5.41) is 8.58. The first-order chi connectivity index (χ1) is 19.1. The van der Waals surface area contributed by atoms with Crippen LogP contribution in [0.5, 0.6) is 0 Å². The Morgan fingerprint density at radius 1 is 0.975 bits per heavy atom. The van der Waals surface area contributed by atoms with E-state index in [1.165, 1.54) is 0 Å². The largest absolute Gasteiger partial charge is 0.344 e. The number of anilines is 1. The Balaban J connectivity index is 1.54. The molecule has 3 aromatic carbocycles. The van der Waals surface area contributed by atoms with Gasteiger partial charge in [-0.3, -0.25) is 9.59 Å². The van der Waals surface area contributed by atoms with Crippen LogP contribution in [-0.2, 0) is 29.1 Å². The van der Waals surface area contributed by atoms with Crippen molar-refractivity contribution in [2.75, 3.05) is 11.4 Å². The van der Waals surface area contributed by atoms with Crippen molar-refractivity contribution in [2.45, 2.75) is 64.7 Å². The van der Waals surface area contributed by atoms with Crippen molar-refractivity contribution in [1.29, 1.82) is 0 Å². The zero-order chi connectivity index (χ0) is 28.7. The first-order valence-electron chi connectivity index (χ1n) is 13.8. The van der Waals surface area contributed by atoms with Gasteiger partial charge in [-0.05, 0) is 67.5 Å². The van der Waals surface area contributed by atoms with Gasteiger partial charge in [0.15, 0.2) is 0 Å². The van der Waals surface area contributed by atoms with Crippen LogP contribution in [0.15, 0.2) is 72.8 Å². The Bertz CT molecular complexity index is 1350. The highest BCUT2D eigenvalue weighted by Gasteiger charge is 2.32. The first-order valence-corrected chi connectivity index (χ1v) is 13.8. The molecule has 0 saturated carbocycles. The van der Waals surface area contributed by atoms with E-state index in [0.717, 1.165) is 33.5 Å². The Labute approximate surface area is 236 Å². The fourth-order valence-corrected chi connectivity index (χ4v) is 5.00. The molecule has 0 saturated heterocycles. The number of rotatable bonds is 9. The van der Waals surface area contributed by atoms with E-state index in [9.17, 15) is 14.4 Å². The second-order valence-corrected chi connectivity index (χ2v) is 10.9. The molecule has 40 heavy (non-hydrogen) atoms. The predicted octanol–water partition coefficient (Wildman–Crippen LogP) is 4.26. The van der Waals surface area contributed by atoms with Gasteiger partial charge in [-0.1, -0.05) is 66.7 Å². The average Bonchev–Trinajstić information content (AvgIpc) is 3.04. The molecule has 0 aliphatic carbocycles. The predicted molar refractivity (Wildman–Crippen MR) is 159 cm³/mol. The number of nitrogens with two attached hydrogens (primary N) is 1. The lowest BCUT2D eigenvalue weighted by Gasteiger charge is -2.27. The maximum Gasteiger partial charge on any atom is 0.315 e. The Morgan fingerprint density at radius 3 is 2.40 bits per heavy atom.